The minimum Gasteiger partial charge on any atom is -0.270 e. The van der Waals surface area contributed by atoms with Gasteiger partial charge in [-0.05, 0) is 12.1 Å². The third kappa shape index (κ3) is 3.55. The third-order valence-electron chi connectivity index (χ3n) is 2.92. The van der Waals surface area contributed by atoms with Gasteiger partial charge in [0.15, 0.2) is 0 Å². The van der Waals surface area contributed by atoms with Crippen LogP contribution in [0.25, 0.3) is 11.1 Å². The predicted octanol–water partition coefficient (Wildman–Crippen LogP) is 6.61. The smallest absolute Gasteiger partial charge is 0.270 e. The van der Waals surface area contributed by atoms with Crippen molar-refractivity contribution < 1.29 is 12.6 Å². The van der Waals surface area contributed by atoms with Crippen molar-refractivity contribution in [1.29, 1.82) is 0 Å². The molecule has 0 spiro atoms. The second-order valence-corrected chi connectivity index (χ2v) is 8.21. The van der Waals surface area contributed by atoms with Crippen LogP contribution >= 0.6 is 69.6 Å². The third-order valence-corrected chi connectivity index (χ3v) is 6.80. The zero-order chi connectivity index (χ0) is 17.5. The zero-order valence-corrected chi connectivity index (χ0v) is 16.5. The lowest BCUT2D eigenvalue weighted by atomic mass is 10.1. The van der Waals surface area contributed by atoms with Gasteiger partial charge in [-0.2, -0.15) is 8.42 Å². The number of benzene rings is 2. The lowest BCUT2D eigenvalue weighted by Gasteiger charge is -2.15. The minimum absolute atomic E-state index is 0.0204. The van der Waals surface area contributed by atoms with Crippen LogP contribution in [0.15, 0.2) is 23.1 Å². The fourth-order valence-corrected chi connectivity index (χ4v) is 4.30. The zero-order valence-electron chi connectivity index (χ0n) is 11.1. The fourth-order valence-electron chi connectivity index (χ4n) is 1.81. The first kappa shape index (κ1) is 19.4. The van der Waals surface area contributed by atoms with E-state index in [2.05, 4.69) is 4.18 Å². The van der Waals surface area contributed by atoms with Gasteiger partial charge >= 0.3 is 0 Å². The molecule has 0 atom stereocenters. The van der Waals surface area contributed by atoms with Crippen molar-refractivity contribution in [2.24, 2.45) is 0 Å². The van der Waals surface area contributed by atoms with Crippen LogP contribution < -0.4 is 0 Å². The Morgan fingerprint density at radius 3 is 2.00 bits per heavy atom. The van der Waals surface area contributed by atoms with Crippen molar-refractivity contribution in [2.45, 2.75) is 4.90 Å². The highest BCUT2D eigenvalue weighted by Gasteiger charge is 2.26. The number of hydrogen-bond donors (Lipinski definition) is 0. The Kier molecular flexibility index (Phi) is 6.03. The van der Waals surface area contributed by atoms with Gasteiger partial charge in [-0.15, -0.1) is 0 Å². The van der Waals surface area contributed by atoms with Crippen LogP contribution in [-0.4, -0.2) is 15.5 Å². The molecule has 0 aliphatic rings. The molecule has 0 saturated heterocycles. The number of halogens is 6. The van der Waals surface area contributed by atoms with Gasteiger partial charge in [0.25, 0.3) is 10.1 Å². The average molecular weight is 455 g/mol. The van der Waals surface area contributed by atoms with Gasteiger partial charge < -0.3 is 0 Å². The quantitative estimate of drug-likeness (QED) is 0.298. The Morgan fingerprint density at radius 2 is 1.43 bits per heavy atom. The maximum absolute atomic E-state index is 12.0. The van der Waals surface area contributed by atoms with E-state index in [1.54, 1.807) is 0 Å². The summed E-state index contributed by atoms with van der Waals surface area (Å²) in [5.74, 6) is 0. The Labute approximate surface area is 163 Å². The minimum atomic E-state index is -4.11. The summed E-state index contributed by atoms with van der Waals surface area (Å²) in [7, 11) is -3.11. The van der Waals surface area contributed by atoms with E-state index in [9.17, 15) is 8.42 Å². The molecular weight excluding hydrogens is 449 g/mol. The van der Waals surface area contributed by atoms with E-state index in [0.717, 1.165) is 13.2 Å². The maximum Gasteiger partial charge on any atom is 0.298 e. The first-order valence-electron chi connectivity index (χ1n) is 5.73. The van der Waals surface area contributed by atoms with Crippen LogP contribution in [0.3, 0.4) is 0 Å². The van der Waals surface area contributed by atoms with E-state index >= 15 is 0 Å². The SMILES string of the molecule is COS(=O)(=O)c1cc(Cl)c(Cl)c(-c2ccc(Cl)c(Cl)c2Cl)c1Cl. The van der Waals surface area contributed by atoms with Crippen molar-refractivity contribution in [3.8, 4) is 11.1 Å². The van der Waals surface area contributed by atoms with Crippen LogP contribution in [0.2, 0.25) is 30.1 Å². The first-order chi connectivity index (χ1) is 10.6. The topological polar surface area (TPSA) is 43.4 Å². The Hall–Kier alpha value is 0.0900. The molecule has 2 aromatic carbocycles. The number of rotatable bonds is 3. The van der Waals surface area contributed by atoms with Crippen LogP contribution in [0.5, 0.6) is 0 Å². The molecule has 10 heteroatoms. The van der Waals surface area contributed by atoms with Crippen LogP contribution in [0.4, 0.5) is 0 Å². The molecule has 2 rings (SSSR count). The van der Waals surface area contributed by atoms with E-state index in [1.165, 1.54) is 12.1 Å². The molecule has 2 aromatic rings. The van der Waals surface area contributed by atoms with Gasteiger partial charge in [-0.25, -0.2) is 0 Å². The summed E-state index contributed by atoms with van der Waals surface area (Å²) >= 11 is 36.5. The normalized spacial score (nSPS) is 11.8. The summed E-state index contributed by atoms with van der Waals surface area (Å²) in [6.07, 6.45) is 0. The molecule has 124 valence electrons. The van der Waals surface area contributed by atoms with Crippen molar-refractivity contribution in [2.75, 3.05) is 7.11 Å². The molecule has 23 heavy (non-hydrogen) atoms. The molecule has 0 aliphatic heterocycles. The Morgan fingerprint density at radius 1 is 0.826 bits per heavy atom. The van der Waals surface area contributed by atoms with E-state index in [1.807, 2.05) is 0 Å². The second-order valence-electron chi connectivity index (χ2n) is 4.20. The molecule has 3 nitrogen and oxygen atoms in total. The Balaban J connectivity index is 2.91. The highest BCUT2D eigenvalue weighted by atomic mass is 35.5. The lowest BCUT2D eigenvalue weighted by Crippen LogP contribution is -2.05. The predicted molar refractivity (Wildman–Crippen MR) is 96.1 cm³/mol. The van der Waals surface area contributed by atoms with Gasteiger partial charge in [-0.3, -0.25) is 4.18 Å². The maximum atomic E-state index is 12.0. The van der Waals surface area contributed by atoms with Gasteiger partial charge in [0.2, 0.25) is 0 Å². The molecule has 0 N–H and O–H groups in total. The lowest BCUT2D eigenvalue weighted by molar-refractivity contribution is 0.398. The molecule has 0 fully saturated rings. The van der Waals surface area contributed by atoms with E-state index in [0.29, 0.717) is 0 Å². The molecule has 0 amide bonds. The van der Waals surface area contributed by atoms with Crippen molar-refractivity contribution in [1.82, 2.24) is 0 Å². The van der Waals surface area contributed by atoms with Gasteiger partial charge in [0.1, 0.15) is 4.90 Å². The van der Waals surface area contributed by atoms with Crippen LogP contribution in [-0.2, 0) is 14.3 Å². The van der Waals surface area contributed by atoms with E-state index < -0.39 is 10.1 Å². The van der Waals surface area contributed by atoms with E-state index in [4.69, 9.17) is 69.6 Å². The molecule has 0 heterocycles. The van der Waals surface area contributed by atoms with Gasteiger partial charge in [0.05, 0.1) is 37.2 Å². The first-order valence-corrected chi connectivity index (χ1v) is 9.41. The second kappa shape index (κ2) is 7.14. The van der Waals surface area contributed by atoms with Crippen molar-refractivity contribution >= 4 is 79.7 Å². The van der Waals surface area contributed by atoms with Crippen molar-refractivity contribution in [3.05, 3.63) is 48.3 Å². The summed E-state index contributed by atoms with van der Waals surface area (Å²) in [6, 6.07) is 4.08. The van der Waals surface area contributed by atoms with Gasteiger partial charge in [0, 0.05) is 11.1 Å². The van der Waals surface area contributed by atoms with Crippen LogP contribution in [0, 0.1) is 0 Å². The molecule has 0 aromatic heterocycles. The molecular formula is C13H6Cl6O3S. The van der Waals surface area contributed by atoms with Gasteiger partial charge in [-0.1, -0.05) is 75.7 Å². The molecule has 0 radical (unpaired) electrons. The summed E-state index contributed by atoms with van der Waals surface area (Å²) in [5, 5.41) is 0.150. The monoisotopic (exact) mass is 452 g/mol. The fraction of sp³-hybridized carbons (Fsp3) is 0.0769. The standard InChI is InChI=1S/C13H6Cl6O3S/c1-22-23(20,21)8-4-7(15)11(17)9(13(8)19)5-2-3-6(14)12(18)10(5)16/h2-4H,1H3. The summed E-state index contributed by atoms with van der Waals surface area (Å²) in [6.45, 7) is 0. The van der Waals surface area contributed by atoms with E-state index in [-0.39, 0.29) is 46.2 Å². The molecule has 0 saturated carbocycles. The summed E-state index contributed by atoms with van der Waals surface area (Å²) < 4.78 is 28.4. The molecule has 0 aliphatic carbocycles. The average Bonchev–Trinajstić information content (AvgIpc) is 2.50. The molecule has 0 unspecified atom stereocenters. The Bertz CT molecular complexity index is 895. The van der Waals surface area contributed by atoms with Crippen LogP contribution in [0.1, 0.15) is 0 Å². The summed E-state index contributed by atoms with van der Waals surface area (Å²) in [4.78, 5) is -0.340. The highest BCUT2D eigenvalue weighted by molar-refractivity contribution is 7.86. The van der Waals surface area contributed by atoms with Crippen molar-refractivity contribution in [3.63, 3.8) is 0 Å². The summed E-state index contributed by atoms with van der Waals surface area (Å²) in [5.41, 5.74) is 0.395. The largest absolute Gasteiger partial charge is 0.298 e. The number of hydrogen-bond acceptors (Lipinski definition) is 3. The highest BCUT2D eigenvalue weighted by Crippen LogP contribution is 2.47. The molecule has 0 bridgehead atoms.